The zero-order valence-corrected chi connectivity index (χ0v) is 29.6. The maximum Gasteiger partial charge on any atom is 0.410 e. The van der Waals surface area contributed by atoms with Crippen LogP contribution in [0.4, 0.5) is 9.93 Å². The van der Waals surface area contributed by atoms with Gasteiger partial charge in [-0.2, -0.15) is 0 Å². The molecular weight excluding hydrogens is 619 g/mol. The highest BCUT2D eigenvalue weighted by molar-refractivity contribution is 8.00. The highest BCUT2D eigenvalue weighted by atomic mass is 32.2. The molecule has 1 atom stereocenters. The van der Waals surface area contributed by atoms with Crippen LogP contribution < -0.4 is 5.32 Å². The molecule has 9 nitrogen and oxygen atoms in total. The first kappa shape index (κ1) is 34.0. The Bertz CT molecular complexity index is 1600. The Labute approximate surface area is 280 Å². The van der Waals surface area contributed by atoms with Gasteiger partial charge in [-0.05, 0) is 83.3 Å². The molecule has 0 spiro atoms. The molecule has 1 aromatic carbocycles. The number of aromatic nitrogens is 2. The molecule has 2 aliphatic rings. The fourth-order valence-electron chi connectivity index (χ4n) is 5.53. The normalized spacial score (nSPS) is 17.6. The lowest BCUT2D eigenvalue weighted by molar-refractivity contribution is -0.121. The van der Waals surface area contributed by atoms with Crippen molar-refractivity contribution in [2.45, 2.75) is 94.7 Å². The molecular formula is C35H45N5O4S2. The number of carbonyl (C=O) groups is 2. The number of amides is 2. The molecule has 46 heavy (non-hydrogen) atoms. The molecule has 2 aliphatic heterocycles. The summed E-state index contributed by atoms with van der Waals surface area (Å²) in [6.45, 7) is 17.0. The number of thiazole rings is 1. The van der Waals surface area contributed by atoms with Gasteiger partial charge in [-0.15, -0.1) is 11.8 Å². The molecule has 1 fully saturated rings. The Morgan fingerprint density at radius 1 is 1.11 bits per heavy atom. The highest BCUT2D eigenvalue weighted by Gasteiger charge is 2.31. The van der Waals surface area contributed by atoms with E-state index in [4.69, 9.17) is 9.15 Å². The molecule has 3 aromatic rings. The van der Waals surface area contributed by atoms with E-state index >= 15 is 0 Å². The number of piperidine rings is 1. The molecule has 5 rings (SSSR count). The van der Waals surface area contributed by atoms with Crippen molar-refractivity contribution >= 4 is 40.2 Å². The predicted molar refractivity (Wildman–Crippen MR) is 183 cm³/mol. The average molecular weight is 664 g/mol. The number of ether oxygens (including phenoxy) is 1. The van der Waals surface area contributed by atoms with Gasteiger partial charge in [0, 0.05) is 23.4 Å². The van der Waals surface area contributed by atoms with Crippen LogP contribution in [0.2, 0.25) is 0 Å². The highest BCUT2D eigenvalue weighted by Crippen LogP contribution is 2.33. The average Bonchev–Trinajstić information content (AvgIpc) is 3.65. The van der Waals surface area contributed by atoms with Crippen molar-refractivity contribution in [3.63, 3.8) is 0 Å². The topological polar surface area (TPSA) is 101 Å². The van der Waals surface area contributed by atoms with Crippen LogP contribution in [0, 0.1) is 17.8 Å². The number of hydrogen-bond donors (Lipinski definition) is 1. The van der Waals surface area contributed by atoms with E-state index in [1.165, 1.54) is 16.9 Å². The minimum atomic E-state index is -0.513. The number of carbonyl (C=O) groups excluding carboxylic acids is 2. The van der Waals surface area contributed by atoms with Gasteiger partial charge in [0.25, 0.3) is 0 Å². The third-order valence-corrected chi connectivity index (χ3v) is 10.2. The summed E-state index contributed by atoms with van der Waals surface area (Å²) in [5.41, 5.74) is 2.79. The van der Waals surface area contributed by atoms with Crippen LogP contribution in [0.15, 0.2) is 39.2 Å². The number of nitrogens with one attached hydrogen (secondary N) is 1. The largest absolute Gasteiger partial charge is 0.444 e. The molecule has 1 saturated heterocycles. The van der Waals surface area contributed by atoms with E-state index < -0.39 is 5.60 Å². The number of likely N-dealkylation sites (tertiary alicyclic amines) is 1. The van der Waals surface area contributed by atoms with Crippen molar-refractivity contribution in [2.24, 2.45) is 5.92 Å². The first-order valence-corrected chi connectivity index (χ1v) is 17.7. The van der Waals surface area contributed by atoms with Gasteiger partial charge in [0.2, 0.25) is 11.8 Å². The van der Waals surface area contributed by atoms with E-state index in [-0.39, 0.29) is 29.4 Å². The molecule has 2 aromatic heterocycles. The van der Waals surface area contributed by atoms with E-state index in [1.807, 2.05) is 33.8 Å². The minimum absolute atomic E-state index is 0.0322. The number of nitrogens with zero attached hydrogens (tertiary/aromatic N) is 4. The van der Waals surface area contributed by atoms with E-state index in [0.717, 1.165) is 53.4 Å². The van der Waals surface area contributed by atoms with Crippen LogP contribution in [0.3, 0.4) is 0 Å². The Morgan fingerprint density at radius 2 is 1.87 bits per heavy atom. The SMILES string of the molecule is CC1c2ccc(C#CCN3CCC(C(=O)Nc4ncc(SCc5ncc(C(C)(C)C)o5)s4)CC3)cc2CCN1C(=O)OC(C)(C)C. The van der Waals surface area contributed by atoms with Crippen molar-refractivity contribution < 1.29 is 18.7 Å². The Hall–Kier alpha value is -3.33. The van der Waals surface area contributed by atoms with Crippen molar-refractivity contribution in [1.29, 1.82) is 0 Å². The van der Waals surface area contributed by atoms with Crippen molar-refractivity contribution in [1.82, 2.24) is 19.8 Å². The fraction of sp³-hybridized carbons (Fsp3) is 0.543. The summed E-state index contributed by atoms with van der Waals surface area (Å²) < 4.78 is 12.5. The lowest BCUT2D eigenvalue weighted by Crippen LogP contribution is -2.42. The molecule has 1 unspecified atom stereocenters. The first-order valence-electron chi connectivity index (χ1n) is 15.9. The third kappa shape index (κ3) is 8.93. The molecule has 1 N–H and O–H groups in total. The Kier molecular flexibility index (Phi) is 10.5. The monoisotopic (exact) mass is 663 g/mol. The van der Waals surface area contributed by atoms with Crippen LogP contribution in [-0.4, -0.2) is 63.5 Å². The van der Waals surface area contributed by atoms with Gasteiger partial charge in [0.1, 0.15) is 11.4 Å². The van der Waals surface area contributed by atoms with E-state index in [9.17, 15) is 9.59 Å². The van der Waals surface area contributed by atoms with E-state index in [0.29, 0.717) is 29.9 Å². The Morgan fingerprint density at radius 3 is 2.57 bits per heavy atom. The fourth-order valence-corrected chi connectivity index (χ4v) is 7.26. The molecule has 2 amide bonds. The van der Waals surface area contributed by atoms with Crippen molar-refractivity contribution in [3.8, 4) is 11.8 Å². The number of fused-ring (bicyclic) bond motifs is 1. The second-order valence-corrected chi connectivity index (χ2v) is 16.3. The zero-order valence-electron chi connectivity index (χ0n) is 27.9. The number of benzene rings is 1. The van der Waals surface area contributed by atoms with Gasteiger partial charge < -0.3 is 19.4 Å². The smallest absolute Gasteiger partial charge is 0.410 e. The number of rotatable bonds is 6. The quantitative estimate of drug-likeness (QED) is 0.217. The maximum atomic E-state index is 13.0. The molecule has 11 heteroatoms. The van der Waals surface area contributed by atoms with Gasteiger partial charge >= 0.3 is 6.09 Å². The zero-order chi connectivity index (χ0) is 33.1. The number of hydrogen-bond acceptors (Lipinski definition) is 9. The van der Waals surface area contributed by atoms with E-state index in [1.54, 1.807) is 29.1 Å². The lowest BCUT2D eigenvalue weighted by Gasteiger charge is -2.36. The standard InChI is InChI=1S/C35H45N5O4S2/c1-23-27-11-10-24(19-26(27)14-18-40(23)33(42)44-35(5,6)7)9-8-15-39-16-12-25(13-17-39)31(41)38-32-37-21-30(46-32)45-22-29-36-20-28(43-29)34(2,3)4/h10-11,19-21,23,25H,12-18,22H2,1-7H3,(H,37,38,41). The summed E-state index contributed by atoms with van der Waals surface area (Å²) in [6.07, 6.45) is 5.70. The van der Waals surface area contributed by atoms with Gasteiger partial charge in [-0.25, -0.2) is 14.8 Å². The summed E-state index contributed by atoms with van der Waals surface area (Å²) in [5, 5.41) is 3.65. The van der Waals surface area contributed by atoms with Gasteiger partial charge in [-0.3, -0.25) is 9.69 Å². The maximum absolute atomic E-state index is 13.0. The van der Waals surface area contributed by atoms with Crippen LogP contribution in [0.5, 0.6) is 0 Å². The summed E-state index contributed by atoms with van der Waals surface area (Å²) in [7, 11) is 0. The molecule has 4 heterocycles. The molecule has 246 valence electrons. The third-order valence-electron chi connectivity index (χ3n) is 8.15. The number of thioether (sulfide) groups is 1. The number of oxazole rings is 1. The Balaban J connectivity index is 1.05. The van der Waals surface area contributed by atoms with Crippen LogP contribution in [-0.2, 0) is 27.1 Å². The van der Waals surface area contributed by atoms with Gasteiger partial charge in [0.05, 0.1) is 34.9 Å². The summed E-state index contributed by atoms with van der Waals surface area (Å²) in [4.78, 5) is 38.5. The molecule has 0 saturated carbocycles. The molecule has 0 bridgehead atoms. The van der Waals surface area contributed by atoms with Crippen LogP contribution in [0.25, 0.3) is 0 Å². The number of anilines is 1. The van der Waals surface area contributed by atoms with Crippen LogP contribution in [0.1, 0.15) is 95.7 Å². The minimum Gasteiger partial charge on any atom is -0.444 e. The lowest BCUT2D eigenvalue weighted by atomic mass is 9.92. The molecule has 0 radical (unpaired) electrons. The summed E-state index contributed by atoms with van der Waals surface area (Å²) >= 11 is 3.08. The van der Waals surface area contributed by atoms with Crippen molar-refractivity contribution in [2.75, 3.05) is 31.5 Å². The summed E-state index contributed by atoms with van der Waals surface area (Å²) in [5.74, 6) is 8.84. The first-order chi connectivity index (χ1) is 21.7. The predicted octanol–water partition coefficient (Wildman–Crippen LogP) is 7.28. The van der Waals surface area contributed by atoms with E-state index in [2.05, 4.69) is 64.9 Å². The second-order valence-electron chi connectivity index (χ2n) is 14.0. The van der Waals surface area contributed by atoms with Gasteiger partial charge in [-0.1, -0.05) is 50.0 Å². The molecule has 0 aliphatic carbocycles. The summed E-state index contributed by atoms with van der Waals surface area (Å²) in [6, 6.07) is 6.24. The van der Waals surface area contributed by atoms with Crippen molar-refractivity contribution in [3.05, 3.63) is 58.9 Å². The van der Waals surface area contributed by atoms with Gasteiger partial charge in [0.15, 0.2) is 5.13 Å². The second kappa shape index (κ2) is 14.2. The van der Waals surface area contributed by atoms with Crippen LogP contribution >= 0.6 is 23.1 Å².